The maximum Gasteiger partial charge on any atom is 0.311 e. The van der Waals surface area contributed by atoms with Crippen LogP contribution < -0.4 is 0 Å². The number of ether oxygens (including phenoxy) is 2. The monoisotopic (exact) mass is 292 g/mol. The van der Waals surface area contributed by atoms with Crippen molar-refractivity contribution in [1.82, 2.24) is 0 Å². The third-order valence-electron chi connectivity index (χ3n) is 3.41. The van der Waals surface area contributed by atoms with Crippen LogP contribution in [-0.2, 0) is 20.9 Å². The van der Waals surface area contributed by atoms with Gasteiger partial charge in [0.05, 0.1) is 32.3 Å². The van der Waals surface area contributed by atoms with E-state index in [2.05, 4.69) is 6.58 Å². The van der Waals surface area contributed by atoms with Crippen LogP contribution in [0.3, 0.4) is 0 Å². The van der Waals surface area contributed by atoms with Crippen LogP contribution in [-0.4, -0.2) is 30.9 Å². The second kappa shape index (κ2) is 9.32. The van der Waals surface area contributed by atoms with Gasteiger partial charge in [0.2, 0.25) is 0 Å². The van der Waals surface area contributed by atoms with Gasteiger partial charge < -0.3 is 14.6 Å². The number of hydrogen-bond donors (Lipinski definition) is 1. The number of esters is 1. The molecule has 1 rings (SSSR count). The van der Waals surface area contributed by atoms with Crippen LogP contribution in [0, 0.1) is 11.8 Å². The quantitative estimate of drug-likeness (QED) is 0.561. The van der Waals surface area contributed by atoms with Crippen molar-refractivity contribution in [3.05, 3.63) is 48.6 Å². The highest BCUT2D eigenvalue weighted by Gasteiger charge is 2.30. The average molecular weight is 292 g/mol. The fourth-order valence-corrected chi connectivity index (χ4v) is 2.14. The van der Waals surface area contributed by atoms with E-state index in [0.29, 0.717) is 19.6 Å². The second-order valence-corrected chi connectivity index (χ2v) is 5.12. The molecular formula is C17H24O4. The molecular weight excluding hydrogens is 268 g/mol. The molecule has 4 heteroatoms. The van der Waals surface area contributed by atoms with Gasteiger partial charge in [0, 0.05) is 5.92 Å². The van der Waals surface area contributed by atoms with Crippen LogP contribution >= 0.6 is 0 Å². The minimum Gasteiger partial charge on any atom is -0.469 e. The Labute approximate surface area is 126 Å². The Balaban J connectivity index is 2.46. The Morgan fingerprint density at radius 2 is 2.05 bits per heavy atom. The van der Waals surface area contributed by atoms with Gasteiger partial charge >= 0.3 is 5.97 Å². The molecule has 0 saturated carbocycles. The minimum atomic E-state index is -0.814. The van der Waals surface area contributed by atoms with Crippen molar-refractivity contribution < 1.29 is 19.4 Å². The van der Waals surface area contributed by atoms with E-state index in [-0.39, 0.29) is 5.92 Å². The Kier molecular flexibility index (Phi) is 7.72. The lowest BCUT2D eigenvalue weighted by Crippen LogP contribution is -2.35. The Bertz CT molecular complexity index is 430. The van der Waals surface area contributed by atoms with Gasteiger partial charge in [0.1, 0.15) is 0 Å². The summed E-state index contributed by atoms with van der Waals surface area (Å²) < 4.78 is 10.3. The molecule has 1 aromatic carbocycles. The molecule has 0 unspecified atom stereocenters. The fourth-order valence-electron chi connectivity index (χ4n) is 2.14. The number of hydrogen-bond acceptors (Lipinski definition) is 4. The van der Waals surface area contributed by atoms with Gasteiger partial charge in [-0.3, -0.25) is 4.79 Å². The topological polar surface area (TPSA) is 55.8 Å². The van der Waals surface area contributed by atoms with Crippen LogP contribution in [0.1, 0.15) is 18.9 Å². The van der Waals surface area contributed by atoms with Crippen molar-refractivity contribution in [3.8, 4) is 0 Å². The number of carbonyl (C=O) groups is 1. The van der Waals surface area contributed by atoms with E-state index < -0.39 is 18.0 Å². The van der Waals surface area contributed by atoms with E-state index in [4.69, 9.17) is 9.47 Å². The maximum absolute atomic E-state index is 11.7. The highest BCUT2D eigenvalue weighted by molar-refractivity contribution is 5.73. The van der Waals surface area contributed by atoms with Crippen LogP contribution in [0.2, 0.25) is 0 Å². The number of aliphatic hydroxyl groups excluding tert-OH is 1. The lowest BCUT2D eigenvalue weighted by Gasteiger charge is -2.25. The zero-order valence-corrected chi connectivity index (χ0v) is 12.7. The lowest BCUT2D eigenvalue weighted by molar-refractivity contribution is -0.151. The van der Waals surface area contributed by atoms with Gasteiger partial charge in [-0.15, -0.1) is 6.58 Å². The maximum atomic E-state index is 11.7. The molecule has 0 fully saturated rings. The van der Waals surface area contributed by atoms with Gasteiger partial charge in [-0.05, 0) is 12.0 Å². The lowest BCUT2D eigenvalue weighted by atomic mass is 9.90. The summed E-state index contributed by atoms with van der Waals surface area (Å²) in [6, 6.07) is 9.82. The molecule has 0 aromatic heterocycles. The van der Waals surface area contributed by atoms with Crippen LogP contribution in [0.25, 0.3) is 0 Å². The number of allylic oxidation sites excluding steroid dienone is 1. The molecule has 1 aromatic rings. The first kappa shape index (κ1) is 17.4. The molecule has 0 aliphatic heterocycles. The summed E-state index contributed by atoms with van der Waals surface area (Å²) in [5.41, 5.74) is 1.08. The molecule has 0 bridgehead atoms. The van der Waals surface area contributed by atoms with E-state index >= 15 is 0 Å². The van der Waals surface area contributed by atoms with Gasteiger partial charge in [-0.25, -0.2) is 0 Å². The average Bonchev–Trinajstić information content (AvgIpc) is 2.52. The van der Waals surface area contributed by atoms with Crippen molar-refractivity contribution in [2.24, 2.45) is 11.8 Å². The van der Waals surface area contributed by atoms with Crippen molar-refractivity contribution in [1.29, 1.82) is 0 Å². The first-order valence-corrected chi connectivity index (χ1v) is 7.08. The van der Waals surface area contributed by atoms with E-state index in [0.717, 1.165) is 5.56 Å². The van der Waals surface area contributed by atoms with Gasteiger partial charge in [0.15, 0.2) is 0 Å². The first-order valence-electron chi connectivity index (χ1n) is 7.08. The Hall–Kier alpha value is -1.65. The summed E-state index contributed by atoms with van der Waals surface area (Å²) in [5, 5.41) is 10.3. The highest BCUT2D eigenvalue weighted by Crippen LogP contribution is 2.19. The fraction of sp³-hybridized carbons (Fsp3) is 0.471. The molecule has 0 aliphatic carbocycles. The van der Waals surface area contributed by atoms with E-state index in [1.807, 2.05) is 37.3 Å². The van der Waals surface area contributed by atoms with E-state index in [1.54, 1.807) is 6.08 Å². The second-order valence-electron chi connectivity index (χ2n) is 5.12. The normalized spacial score (nSPS) is 15.0. The predicted molar refractivity (Wildman–Crippen MR) is 81.6 cm³/mol. The third-order valence-corrected chi connectivity index (χ3v) is 3.41. The molecule has 0 aliphatic rings. The molecule has 0 amide bonds. The van der Waals surface area contributed by atoms with Crippen LogP contribution in [0.4, 0.5) is 0 Å². The number of aliphatic hydroxyl groups is 1. The van der Waals surface area contributed by atoms with Crippen molar-refractivity contribution >= 4 is 5.97 Å². The molecule has 21 heavy (non-hydrogen) atoms. The van der Waals surface area contributed by atoms with Gasteiger partial charge in [-0.1, -0.05) is 43.3 Å². The van der Waals surface area contributed by atoms with Crippen molar-refractivity contribution in [2.45, 2.75) is 26.1 Å². The number of benzene rings is 1. The summed E-state index contributed by atoms with van der Waals surface area (Å²) in [6.07, 6.45) is 1.19. The molecule has 3 atom stereocenters. The molecule has 1 N–H and O–H groups in total. The van der Waals surface area contributed by atoms with Crippen molar-refractivity contribution in [2.75, 3.05) is 13.7 Å². The van der Waals surface area contributed by atoms with E-state index in [1.165, 1.54) is 7.11 Å². The summed E-state index contributed by atoms with van der Waals surface area (Å²) >= 11 is 0. The minimum absolute atomic E-state index is 0.169. The van der Waals surface area contributed by atoms with E-state index in [9.17, 15) is 9.90 Å². The van der Waals surface area contributed by atoms with Gasteiger partial charge in [-0.2, -0.15) is 0 Å². The standard InChI is InChI=1S/C17H24O4/c1-4-8-15(17(19)20-3)16(18)13(2)11-21-12-14-9-6-5-7-10-14/h4-7,9-10,13,15-16,18H,1,8,11-12H2,2-3H3/t13-,15+,16+/m1/s1. The molecule has 116 valence electrons. The Morgan fingerprint density at radius 3 is 2.62 bits per heavy atom. The summed E-state index contributed by atoms with van der Waals surface area (Å²) in [4.78, 5) is 11.7. The third kappa shape index (κ3) is 5.69. The number of methoxy groups -OCH3 is 1. The summed E-state index contributed by atoms with van der Waals surface area (Å²) in [7, 11) is 1.32. The highest BCUT2D eigenvalue weighted by atomic mass is 16.5. The molecule has 0 saturated heterocycles. The smallest absolute Gasteiger partial charge is 0.311 e. The largest absolute Gasteiger partial charge is 0.469 e. The predicted octanol–water partition coefficient (Wildman–Crippen LogP) is 2.57. The molecule has 0 heterocycles. The van der Waals surface area contributed by atoms with Crippen LogP contribution in [0.5, 0.6) is 0 Å². The number of carbonyl (C=O) groups excluding carboxylic acids is 1. The zero-order chi connectivity index (χ0) is 15.7. The van der Waals surface area contributed by atoms with Crippen molar-refractivity contribution in [3.63, 3.8) is 0 Å². The first-order chi connectivity index (χ1) is 10.1. The summed E-state index contributed by atoms with van der Waals surface area (Å²) in [6.45, 7) is 6.33. The van der Waals surface area contributed by atoms with Gasteiger partial charge in [0.25, 0.3) is 0 Å². The Morgan fingerprint density at radius 1 is 1.38 bits per heavy atom. The molecule has 0 radical (unpaired) electrons. The van der Waals surface area contributed by atoms with Crippen LogP contribution in [0.15, 0.2) is 43.0 Å². The SMILES string of the molecule is C=CC[C@H](C(=O)OC)[C@@H](O)[C@H](C)COCc1ccccc1. The molecule has 0 spiro atoms. The molecule has 4 nitrogen and oxygen atoms in total. The summed E-state index contributed by atoms with van der Waals surface area (Å²) in [5.74, 6) is -1.18. The number of rotatable bonds is 9. The zero-order valence-electron chi connectivity index (χ0n) is 12.7.